The molecular formula is C20H26N8. The second-order valence-electron chi connectivity index (χ2n) is 7.75. The van der Waals surface area contributed by atoms with E-state index in [1.165, 1.54) is 16.8 Å². The van der Waals surface area contributed by atoms with Gasteiger partial charge < -0.3 is 10.6 Å². The Kier molecular flexibility index (Phi) is 4.27. The molecule has 5 aliphatic heterocycles. The highest BCUT2D eigenvalue weighted by atomic mass is 15.6. The molecule has 2 unspecified atom stereocenters. The van der Waals surface area contributed by atoms with E-state index in [9.17, 15) is 0 Å². The van der Waals surface area contributed by atoms with Gasteiger partial charge in [0.15, 0.2) is 6.17 Å². The van der Waals surface area contributed by atoms with Crippen molar-refractivity contribution in [1.82, 2.24) is 26.1 Å². The lowest BCUT2D eigenvalue weighted by Crippen LogP contribution is -2.52. The first-order valence-electron chi connectivity index (χ1n) is 9.90. The molecule has 8 nitrogen and oxygen atoms in total. The van der Waals surface area contributed by atoms with Crippen LogP contribution in [0.1, 0.15) is 33.1 Å². The van der Waals surface area contributed by atoms with Gasteiger partial charge in [0.05, 0.1) is 17.6 Å². The molecule has 146 valence electrons. The Bertz CT molecular complexity index is 888. The SMILES string of the molecule is CC1=NN(C2C=CC=CN2)C2=C(C1)C(N1N=C(C)CC3=C1CNCC3)NN=C2. The van der Waals surface area contributed by atoms with Gasteiger partial charge in [-0.05, 0) is 50.7 Å². The largest absolute Gasteiger partial charge is 0.367 e. The minimum absolute atomic E-state index is 0.0202. The lowest BCUT2D eigenvalue weighted by Gasteiger charge is -2.42. The van der Waals surface area contributed by atoms with Crippen molar-refractivity contribution in [3.8, 4) is 0 Å². The highest BCUT2D eigenvalue weighted by molar-refractivity contribution is 5.91. The van der Waals surface area contributed by atoms with Crippen LogP contribution in [0.15, 0.2) is 62.3 Å². The van der Waals surface area contributed by atoms with Crippen LogP contribution in [0.5, 0.6) is 0 Å². The summed E-state index contributed by atoms with van der Waals surface area (Å²) in [5, 5.41) is 25.3. The van der Waals surface area contributed by atoms with E-state index in [0.29, 0.717) is 0 Å². The van der Waals surface area contributed by atoms with Crippen LogP contribution in [-0.4, -0.2) is 53.1 Å². The van der Waals surface area contributed by atoms with Crippen LogP contribution in [0.25, 0.3) is 0 Å². The molecule has 0 bridgehead atoms. The summed E-state index contributed by atoms with van der Waals surface area (Å²) in [6, 6.07) is 0. The Morgan fingerprint density at radius 1 is 1.07 bits per heavy atom. The predicted octanol–water partition coefficient (Wildman–Crippen LogP) is 1.57. The van der Waals surface area contributed by atoms with Gasteiger partial charge in [0.2, 0.25) is 0 Å². The highest BCUT2D eigenvalue weighted by Crippen LogP contribution is 2.33. The first-order chi connectivity index (χ1) is 13.7. The zero-order valence-corrected chi connectivity index (χ0v) is 16.3. The van der Waals surface area contributed by atoms with Crippen LogP contribution in [-0.2, 0) is 0 Å². The molecular weight excluding hydrogens is 352 g/mol. The van der Waals surface area contributed by atoms with Crippen molar-refractivity contribution in [1.29, 1.82) is 0 Å². The smallest absolute Gasteiger partial charge is 0.160 e. The van der Waals surface area contributed by atoms with Gasteiger partial charge in [-0.3, -0.25) is 5.43 Å². The lowest BCUT2D eigenvalue weighted by atomic mass is 9.96. The van der Waals surface area contributed by atoms with E-state index in [-0.39, 0.29) is 12.3 Å². The number of nitrogens with one attached hydrogen (secondary N) is 3. The van der Waals surface area contributed by atoms with E-state index in [1.54, 1.807) is 0 Å². The third-order valence-electron chi connectivity index (χ3n) is 5.62. The molecule has 0 amide bonds. The first-order valence-corrected chi connectivity index (χ1v) is 9.90. The van der Waals surface area contributed by atoms with E-state index in [1.807, 2.05) is 29.6 Å². The van der Waals surface area contributed by atoms with Crippen LogP contribution in [0, 0.1) is 0 Å². The van der Waals surface area contributed by atoms with Gasteiger partial charge in [0.1, 0.15) is 6.17 Å². The fraction of sp³-hybridized carbons (Fsp3) is 0.450. The van der Waals surface area contributed by atoms with E-state index < -0.39 is 0 Å². The third-order valence-corrected chi connectivity index (χ3v) is 5.62. The van der Waals surface area contributed by atoms with Crippen LogP contribution >= 0.6 is 0 Å². The summed E-state index contributed by atoms with van der Waals surface area (Å²) in [7, 11) is 0. The maximum absolute atomic E-state index is 4.93. The topological polar surface area (TPSA) is 79.6 Å². The molecule has 5 heterocycles. The van der Waals surface area contributed by atoms with Crippen molar-refractivity contribution in [2.24, 2.45) is 15.3 Å². The number of hydrogen-bond acceptors (Lipinski definition) is 8. The van der Waals surface area contributed by atoms with Gasteiger partial charge in [-0.1, -0.05) is 6.08 Å². The molecule has 0 saturated heterocycles. The van der Waals surface area contributed by atoms with Crippen molar-refractivity contribution in [3.63, 3.8) is 0 Å². The van der Waals surface area contributed by atoms with Gasteiger partial charge >= 0.3 is 0 Å². The first kappa shape index (κ1) is 17.2. The van der Waals surface area contributed by atoms with Crippen molar-refractivity contribution in [2.45, 2.75) is 45.4 Å². The highest BCUT2D eigenvalue weighted by Gasteiger charge is 2.37. The molecule has 0 aromatic rings. The Morgan fingerprint density at radius 3 is 2.79 bits per heavy atom. The molecule has 28 heavy (non-hydrogen) atoms. The molecule has 0 aromatic carbocycles. The minimum atomic E-state index is -0.101. The molecule has 0 radical (unpaired) electrons. The quantitative estimate of drug-likeness (QED) is 0.680. The molecule has 5 rings (SSSR count). The number of hydrogen-bond donors (Lipinski definition) is 3. The van der Waals surface area contributed by atoms with Crippen molar-refractivity contribution >= 4 is 17.6 Å². The lowest BCUT2D eigenvalue weighted by molar-refractivity contribution is 0.216. The second kappa shape index (κ2) is 6.94. The molecule has 0 saturated carbocycles. The normalized spacial score (nSPS) is 29.1. The Labute approximate surface area is 165 Å². The van der Waals surface area contributed by atoms with Crippen LogP contribution in [0.2, 0.25) is 0 Å². The van der Waals surface area contributed by atoms with E-state index in [0.717, 1.165) is 49.5 Å². The van der Waals surface area contributed by atoms with Crippen LogP contribution in [0.4, 0.5) is 0 Å². The second-order valence-corrected chi connectivity index (χ2v) is 7.75. The third kappa shape index (κ3) is 2.93. The van der Waals surface area contributed by atoms with Gasteiger partial charge in [0, 0.05) is 36.4 Å². The van der Waals surface area contributed by atoms with Gasteiger partial charge in [-0.2, -0.15) is 15.3 Å². The molecule has 0 spiro atoms. The number of hydrazone groups is 3. The number of allylic oxidation sites excluding steroid dienone is 3. The average molecular weight is 378 g/mol. The van der Waals surface area contributed by atoms with E-state index in [4.69, 9.17) is 10.2 Å². The number of dihydropyridines is 1. The van der Waals surface area contributed by atoms with E-state index >= 15 is 0 Å². The summed E-state index contributed by atoms with van der Waals surface area (Å²) in [4.78, 5) is 0. The van der Waals surface area contributed by atoms with Gasteiger partial charge in [-0.25, -0.2) is 10.0 Å². The molecule has 8 heteroatoms. The van der Waals surface area contributed by atoms with E-state index in [2.05, 4.69) is 46.1 Å². The van der Waals surface area contributed by atoms with Crippen LogP contribution in [0.3, 0.4) is 0 Å². The fourth-order valence-electron chi connectivity index (χ4n) is 4.36. The molecule has 0 fully saturated rings. The number of nitrogens with zero attached hydrogens (tertiary/aromatic N) is 5. The molecule has 5 aliphatic rings. The molecule has 0 aromatic heterocycles. The fourth-order valence-corrected chi connectivity index (χ4v) is 4.36. The standard InChI is InChI=1S/C20H26N8/c1-13-9-15-6-8-21-11-17(15)28(26-13)20-16-10-14(2)25-27(18(16)12-23-24-20)19-5-3-4-7-22-19/h3-5,7,12,19-22,24H,6,8-11H2,1-2H3. The molecule has 2 atom stereocenters. The van der Waals surface area contributed by atoms with Crippen molar-refractivity contribution in [3.05, 3.63) is 47.0 Å². The van der Waals surface area contributed by atoms with Crippen molar-refractivity contribution < 1.29 is 0 Å². The van der Waals surface area contributed by atoms with Crippen LogP contribution < -0.4 is 16.1 Å². The molecule has 3 N–H and O–H groups in total. The maximum atomic E-state index is 4.93. The summed E-state index contributed by atoms with van der Waals surface area (Å²) >= 11 is 0. The Hall–Kier alpha value is -2.87. The summed E-state index contributed by atoms with van der Waals surface area (Å²) < 4.78 is 0. The maximum Gasteiger partial charge on any atom is 0.160 e. The van der Waals surface area contributed by atoms with Crippen molar-refractivity contribution in [2.75, 3.05) is 13.1 Å². The average Bonchev–Trinajstić information content (AvgIpc) is 2.73. The van der Waals surface area contributed by atoms with Gasteiger partial charge in [0.25, 0.3) is 0 Å². The Morgan fingerprint density at radius 2 is 1.93 bits per heavy atom. The minimum Gasteiger partial charge on any atom is -0.367 e. The zero-order valence-electron chi connectivity index (χ0n) is 16.3. The Balaban J connectivity index is 1.53. The monoisotopic (exact) mass is 378 g/mol. The summed E-state index contributed by atoms with van der Waals surface area (Å²) in [5.41, 5.74) is 10.6. The summed E-state index contributed by atoms with van der Waals surface area (Å²) in [6.45, 7) is 6.09. The number of rotatable bonds is 2. The van der Waals surface area contributed by atoms with Gasteiger partial charge in [-0.15, -0.1) is 0 Å². The molecule has 0 aliphatic carbocycles. The summed E-state index contributed by atoms with van der Waals surface area (Å²) in [5.74, 6) is 0. The predicted molar refractivity (Wildman–Crippen MR) is 111 cm³/mol. The zero-order chi connectivity index (χ0) is 19.1. The summed E-state index contributed by atoms with van der Waals surface area (Å²) in [6.07, 6.45) is 12.7.